The predicted octanol–water partition coefficient (Wildman–Crippen LogP) is 4.19. The average molecular weight is 420 g/mol. The smallest absolute Gasteiger partial charge is 0.261 e. The standard InChI is InChI=1S/C23H21N3O3S/c1-17(27)26-23(18-10-4-2-5-11-18)16-22(24-26)20-14-8-9-15-21(20)25-30(28,29)19-12-6-3-7-13-19/h2-15,23,25H,16H2,1H3/t23-/m0/s1. The molecule has 6 nitrogen and oxygen atoms in total. The minimum absolute atomic E-state index is 0.166. The molecule has 1 aliphatic rings. The molecule has 1 amide bonds. The summed E-state index contributed by atoms with van der Waals surface area (Å²) >= 11 is 0. The van der Waals surface area contributed by atoms with Crippen LogP contribution in [0.3, 0.4) is 0 Å². The lowest BCUT2D eigenvalue weighted by atomic mass is 9.98. The van der Waals surface area contributed by atoms with Crippen molar-refractivity contribution >= 4 is 27.3 Å². The first-order chi connectivity index (χ1) is 14.5. The minimum atomic E-state index is -3.75. The van der Waals surface area contributed by atoms with Crippen LogP contribution in [0.1, 0.15) is 30.5 Å². The summed E-state index contributed by atoms with van der Waals surface area (Å²) in [6.45, 7) is 1.48. The highest BCUT2D eigenvalue weighted by Crippen LogP contribution is 2.34. The first-order valence-electron chi connectivity index (χ1n) is 9.55. The van der Waals surface area contributed by atoms with Crippen LogP contribution in [0.5, 0.6) is 0 Å². The van der Waals surface area contributed by atoms with Gasteiger partial charge in [0.15, 0.2) is 0 Å². The van der Waals surface area contributed by atoms with E-state index in [1.807, 2.05) is 42.5 Å². The maximum absolute atomic E-state index is 12.8. The largest absolute Gasteiger partial charge is 0.279 e. The van der Waals surface area contributed by atoms with Crippen molar-refractivity contribution in [2.45, 2.75) is 24.3 Å². The first-order valence-corrected chi connectivity index (χ1v) is 11.0. The Balaban J connectivity index is 1.69. The summed E-state index contributed by atoms with van der Waals surface area (Å²) in [7, 11) is -3.75. The van der Waals surface area contributed by atoms with Crippen LogP contribution >= 0.6 is 0 Å². The summed E-state index contributed by atoms with van der Waals surface area (Å²) in [6, 6.07) is 24.8. The quantitative estimate of drug-likeness (QED) is 0.674. The van der Waals surface area contributed by atoms with E-state index in [1.54, 1.807) is 42.5 Å². The van der Waals surface area contributed by atoms with Crippen LogP contribution in [-0.4, -0.2) is 25.0 Å². The Morgan fingerprint density at radius 2 is 1.53 bits per heavy atom. The van der Waals surface area contributed by atoms with Gasteiger partial charge in [-0.1, -0.05) is 66.7 Å². The van der Waals surface area contributed by atoms with Gasteiger partial charge in [0, 0.05) is 18.9 Å². The summed E-state index contributed by atoms with van der Waals surface area (Å²) in [5.74, 6) is -0.166. The van der Waals surface area contributed by atoms with Crippen LogP contribution in [-0.2, 0) is 14.8 Å². The second-order valence-electron chi connectivity index (χ2n) is 7.01. The number of hydrazone groups is 1. The van der Waals surface area contributed by atoms with E-state index in [9.17, 15) is 13.2 Å². The third kappa shape index (κ3) is 3.97. The molecule has 0 saturated heterocycles. The van der Waals surface area contributed by atoms with Gasteiger partial charge in [0.25, 0.3) is 10.0 Å². The van der Waals surface area contributed by atoms with Gasteiger partial charge >= 0.3 is 0 Å². The summed E-state index contributed by atoms with van der Waals surface area (Å²) in [5, 5.41) is 6.01. The van der Waals surface area contributed by atoms with Gasteiger partial charge in [-0.2, -0.15) is 5.10 Å². The summed E-state index contributed by atoms with van der Waals surface area (Å²) < 4.78 is 28.3. The maximum atomic E-state index is 12.8. The van der Waals surface area contributed by atoms with E-state index in [2.05, 4.69) is 9.82 Å². The Bertz CT molecular complexity index is 1190. The van der Waals surface area contributed by atoms with Crippen LogP contribution in [0.15, 0.2) is 94.9 Å². The lowest BCUT2D eigenvalue weighted by Gasteiger charge is -2.20. The normalized spacial score (nSPS) is 16.2. The molecular weight excluding hydrogens is 398 g/mol. The molecule has 0 radical (unpaired) electrons. The van der Waals surface area contributed by atoms with E-state index in [0.717, 1.165) is 5.56 Å². The Hall–Kier alpha value is -3.45. The molecule has 3 aromatic rings. The third-order valence-corrected chi connectivity index (χ3v) is 6.33. The Morgan fingerprint density at radius 1 is 0.933 bits per heavy atom. The number of nitrogens with zero attached hydrogens (tertiary/aromatic N) is 2. The number of nitrogens with one attached hydrogen (secondary N) is 1. The Labute approximate surface area is 175 Å². The number of amides is 1. The number of carbonyl (C=O) groups excluding carboxylic acids is 1. The topological polar surface area (TPSA) is 78.8 Å². The summed E-state index contributed by atoms with van der Waals surface area (Å²) in [6.07, 6.45) is 0.494. The first kappa shape index (κ1) is 19.8. The van der Waals surface area contributed by atoms with Crippen LogP contribution in [0, 0.1) is 0 Å². The predicted molar refractivity (Wildman–Crippen MR) is 117 cm³/mol. The fourth-order valence-electron chi connectivity index (χ4n) is 3.53. The fraction of sp³-hybridized carbons (Fsp3) is 0.130. The van der Waals surface area contributed by atoms with Crippen molar-refractivity contribution in [1.29, 1.82) is 0 Å². The van der Waals surface area contributed by atoms with Gasteiger partial charge in [0.05, 0.1) is 22.3 Å². The second-order valence-corrected chi connectivity index (χ2v) is 8.69. The number of hydrogen-bond donors (Lipinski definition) is 1. The van der Waals surface area contributed by atoms with Gasteiger partial charge in [-0.05, 0) is 23.8 Å². The SMILES string of the molecule is CC(=O)N1N=C(c2ccccc2NS(=O)(=O)c2ccccc2)C[C@H]1c1ccccc1. The molecule has 0 aromatic heterocycles. The third-order valence-electron chi connectivity index (χ3n) is 4.95. The van der Waals surface area contributed by atoms with Gasteiger partial charge in [0.1, 0.15) is 0 Å². The number of carbonyl (C=O) groups is 1. The molecule has 1 atom stereocenters. The molecule has 7 heteroatoms. The summed E-state index contributed by atoms with van der Waals surface area (Å²) in [4.78, 5) is 12.4. The highest BCUT2D eigenvalue weighted by Gasteiger charge is 2.32. The van der Waals surface area contributed by atoms with Crippen molar-refractivity contribution in [1.82, 2.24) is 5.01 Å². The molecule has 30 heavy (non-hydrogen) atoms. The van der Waals surface area contributed by atoms with Crippen molar-refractivity contribution in [2.75, 3.05) is 4.72 Å². The van der Waals surface area contributed by atoms with E-state index >= 15 is 0 Å². The van der Waals surface area contributed by atoms with Crippen LogP contribution < -0.4 is 4.72 Å². The highest BCUT2D eigenvalue weighted by molar-refractivity contribution is 7.92. The molecule has 0 saturated carbocycles. The molecule has 1 aliphatic heterocycles. The van der Waals surface area contributed by atoms with E-state index in [4.69, 9.17) is 0 Å². The summed E-state index contributed by atoms with van der Waals surface area (Å²) in [5.41, 5.74) is 2.72. The molecule has 0 aliphatic carbocycles. The van der Waals surface area contributed by atoms with Crippen molar-refractivity contribution in [3.05, 3.63) is 96.1 Å². The van der Waals surface area contributed by atoms with E-state index in [0.29, 0.717) is 23.4 Å². The molecule has 0 spiro atoms. The molecule has 1 N–H and O–H groups in total. The van der Waals surface area contributed by atoms with Gasteiger partial charge in [0.2, 0.25) is 5.91 Å². The zero-order valence-electron chi connectivity index (χ0n) is 16.4. The lowest BCUT2D eigenvalue weighted by Crippen LogP contribution is -2.24. The van der Waals surface area contributed by atoms with Crippen LogP contribution in [0.4, 0.5) is 5.69 Å². The molecule has 152 valence electrons. The zero-order valence-corrected chi connectivity index (χ0v) is 17.2. The van der Waals surface area contributed by atoms with Gasteiger partial charge in [-0.25, -0.2) is 13.4 Å². The van der Waals surface area contributed by atoms with E-state index in [-0.39, 0.29) is 16.8 Å². The minimum Gasteiger partial charge on any atom is -0.279 e. The van der Waals surface area contributed by atoms with Crippen molar-refractivity contribution in [3.63, 3.8) is 0 Å². The molecule has 4 rings (SSSR count). The molecular formula is C23H21N3O3S. The lowest BCUT2D eigenvalue weighted by molar-refractivity contribution is -0.130. The second kappa shape index (κ2) is 8.12. The van der Waals surface area contributed by atoms with Crippen molar-refractivity contribution < 1.29 is 13.2 Å². The molecule has 0 fully saturated rings. The molecule has 1 heterocycles. The average Bonchev–Trinajstić information content (AvgIpc) is 3.21. The van der Waals surface area contributed by atoms with Gasteiger partial charge in [-0.3, -0.25) is 9.52 Å². The number of anilines is 1. The number of rotatable bonds is 5. The Kier molecular flexibility index (Phi) is 5.37. The molecule has 0 bridgehead atoms. The van der Waals surface area contributed by atoms with Crippen LogP contribution in [0.25, 0.3) is 0 Å². The number of para-hydroxylation sites is 1. The van der Waals surface area contributed by atoms with Gasteiger partial charge < -0.3 is 0 Å². The van der Waals surface area contributed by atoms with Crippen molar-refractivity contribution in [2.24, 2.45) is 5.10 Å². The number of sulfonamides is 1. The Morgan fingerprint density at radius 3 is 2.20 bits per heavy atom. The molecule has 0 unspecified atom stereocenters. The maximum Gasteiger partial charge on any atom is 0.261 e. The van der Waals surface area contributed by atoms with Crippen molar-refractivity contribution in [3.8, 4) is 0 Å². The van der Waals surface area contributed by atoms with Gasteiger partial charge in [-0.15, -0.1) is 0 Å². The monoisotopic (exact) mass is 419 g/mol. The number of hydrogen-bond acceptors (Lipinski definition) is 4. The fourth-order valence-corrected chi connectivity index (χ4v) is 4.63. The zero-order chi connectivity index (χ0) is 21.1. The van der Waals surface area contributed by atoms with Crippen LogP contribution in [0.2, 0.25) is 0 Å². The highest BCUT2D eigenvalue weighted by atomic mass is 32.2. The number of benzene rings is 3. The van der Waals surface area contributed by atoms with E-state index in [1.165, 1.54) is 11.9 Å². The van der Waals surface area contributed by atoms with E-state index < -0.39 is 10.0 Å². The molecule has 3 aromatic carbocycles.